The van der Waals surface area contributed by atoms with Crippen LogP contribution in [0.4, 0.5) is 0 Å². The third-order valence-corrected chi connectivity index (χ3v) is 14.3. The summed E-state index contributed by atoms with van der Waals surface area (Å²) in [6.07, 6.45) is 23.1. The van der Waals surface area contributed by atoms with Crippen molar-refractivity contribution in [2.75, 3.05) is 6.61 Å². The standard InChI is InChI=1S/C35H62O3.C29H40O6/c1-8-9-10-11-12-13-14-15-16-17-18-19-20-21-22-23-26-38-32(36)25-24-29-27-30(34(2,3)4)33(37)31(28-29)35(5,6)7;1-16-11-18(13-22(25(16)32)28(3,4)5)12-20(27(34)35)14-21-17(2)26(33)23(29(6,7)8)15-19(21)9-10-24(30)31/h27-28,37H,8-26H2,1-7H3;11,13,15,20,32-33H,9-10,12,14H2,1-8H3,(H,30,31)(H,34,35). The highest BCUT2D eigenvalue weighted by atomic mass is 16.5. The van der Waals surface area contributed by atoms with Gasteiger partial charge in [-0.05, 0) is 123 Å². The molecule has 1 unspecified atom stereocenters. The van der Waals surface area contributed by atoms with E-state index in [4.69, 9.17) is 4.74 Å². The zero-order chi connectivity index (χ0) is 55.3. The minimum absolute atomic E-state index is 0.0787. The van der Waals surface area contributed by atoms with Crippen LogP contribution in [0.3, 0.4) is 0 Å². The lowest BCUT2D eigenvalue weighted by Gasteiger charge is -2.28. The van der Waals surface area contributed by atoms with Crippen LogP contribution in [0.2, 0.25) is 0 Å². The Labute approximate surface area is 443 Å². The lowest BCUT2D eigenvalue weighted by atomic mass is 9.78. The third-order valence-electron chi connectivity index (χ3n) is 14.3. The van der Waals surface area contributed by atoms with Crippen LogP contribution in [0.15, 0.2) is 30.3 Å². The van der Waals surface area contributed by atoms with Gasteiger partial charge in [0.05, 0.1) is 12.5 Å². The van der Waals surface area contributed by atoms with Crippen LogP contribution in [0, 0.1) is 19.8 Å². The van der Waals surface area contributed by atoms with Crippen LogP contribution >= 0.6 is 0 Å². The maximum absolute atomic E-state index is 12.3. The molecule has 0 aliphatic rings. The molecule has 3 aromatic rings. The number of aryl methyl sites for hydroxylation is 3. The van der Waals surface area contributed by atoms with Crippen LogP contribution in [0.5, 0.6) is 17.2 Å². The average molecular weight is 1020 g/mol. The van der Waals surface area contributed by atoms with E-state index in [9.17, 15) is 39.9 Å². The Morgan fingerprint density at radius 1 is 0.493 bits per heavy atom. The second kappa shape index (κ2) is 30.1. The number of rotatable bonds is 28. The molecule has 9 heteroatoms. The summed E-state index contributed by atoms with van der Waals surface area (Å²) >= 11 is 0. The molecule has 5 N–H and O–H groups in total. The largest absolute Gasteiger partial charge is 0.507 e. The summed E-state index contributed by atoms with van der Waals surface area (Å²) in [6, 6.07) is 9.65. The van der Waals surface area contributed by atoms with Crippen molar-refractivity contribution in [3.8, 4) is 17.2 Å². The van der Waals surface area contributed by atoms with Crippen molar-refractivity contribution in [3.63, 3.8) is 0 Å². The van der Waals surface area contributed by atoms with E-state index >= 15 is 0 Å². The molecule has 0 aliphatic carbocycles. The minimum atomic E-state index is -0.962. The summed E-state index contributed by atoms with van der Waals surface area (Å²) in [5, 5.41) is 51.7. The maximum Gasteiger partial charge on any atom is 0.307 e. The number of ether oxygens (including phenoxy) is 1. The van der Waals surface area contributed by atoms with Crippen molar-refractivity contribution in [2.45, 2.75) is 267 Å². The number of carboxylic acid groups (broad SMARTS) is 2. The van der Waals surface area contributed by atoms with E-state index < -0.39 is 17.9 Å². The molecule has 3 aromatic carbocycles. The summed E-state index contributed by atoms with van der Waals surface area (Å²) in [6.45, 7) is 31.0. The van der Waals surface area contributed by atoms with E-state index in [-0.39, 0.29) is 64.8 Å². The van der Waals surface area contributed by atoms with Gasteiger partial charge in [-0.1, -0.05) is 217 Å². The predicted octanol–water partition coefficient (Wildman–Crippen LogP) is 16.5. The molecule has 0 saturated carbocycles. The molecule has 0 bridgehead atoms. The molecule has 0 fully saturated rings. The van der Waals surface area contributed by atoms with E-state index in [1.54, 1.807) is 13.8 Å². The molecule has 0 amide bonds. The van der Waals surface area contributed by atoms with Crippen LogP contribution in [0.1, 0.15) is 261 Å². The number of phenolic OH excluding ortho intramolecular Hbond substituents is 3. The smallest absolute Gasteiger partial charge is 0.307 e. The van der Waals surface area contributed by atoms with Gasteiger partial charge in [-0.2, -0.15) is 0 Å². The molecular weight excluding hydrogens is 913 g/mol. The number of aromatic hydroxyl groups is 3. The molecule has 0 heterocycles. The van der Waals surface area contributed by atoms with Crippen molar-refractivity contribution in [1.29, 1.82) is 0 Å². The highest BCUT2D eigenvalue weighted by Gasteiger charge is 2.29. The fourth-order valence-corrected chi connectivity index (χ4v) is 9.69. The zero-order valence-electron chi connectivity index (χ0n) is 48.6. The summed E-state index contributed by atoms with van der Waals surface area (Å²) in [4.78, 5) is 36.0. The van der Waals surface area contributed by atoms with Gasteiger partial charge in [-0.3, -0.25) is 14.4 Å². The fraction of sp³-hybridized carbons (Fsp3) is 0.672. The van der Waals surface area contributed by atoms with Gasteiger partial charge in [0, 0.05) is 12.8 Å². The summed E-state index contributed by atoms with van der Waals surface area (Å²) in [7, 11) is 0. The van der Waals surface area contributed by atoms with Gasteiger partial charge in [0.25, 0.3) is 0 Å². The molecule has 9 nitrogen and oxygen atoms in total. The van der Waals surface area contributed by atoms with E-state index in [1.165, 1.54) is 89.9 Å². The molecule has 0 aromatic heterocycles. The van der Waals surface area contributed by atoms with Gasteiger partial charge < -0.3 is 30.3 Å². The highest BCUT2D eigenvalue weighted by Crippen LogP contribution is 2.41. The number of carbonyl (C=O) groups excluding carboxylic acids is 1. The number of benzene rings is 3. The van der Waals surface area contributed by atoms with Gasteiger partial charge >= 0.3 is 17.9 Å². The molecule has 0 spiro atoms. The third kappa shape index (κ3) is 22.9. The Morgan fingerprint density at radius 3 is 1.33 bits per heavy atom. The molecule has 0 radical (unpaired) electrons. The number of aliphatic carboxylic acids is 2. The molecule has 3 rings (SSSR count). The lowest BCUT2D eigenvalue weighted by Crippen LogP contribution is -2.22. The van der Waals surface area contributed by atoms with Crippen LogP contribution in [-0.4, -0.2) is 50.0 Å². The Morgan fingerprint density at radius 2 is 0.904 bits per heavy atom. The second-order valence-electron chi connectivity index (χ2n) is 25.2. The molecular formula is C64H102O9. The normalized spacial score (nSPS) is 12.6. The Bertz CT molecular complexity index is 2150. The monoisotopic (exact) mass is 1010 g/mol. The van der Waals surface area contributed by atoms with Crippen LogP contribution in [-0.2, 0) is 66.5 Å². The van der Waals surface area contributed by atoms with E-state index in [0.717, 1.165) is 51.8 Å². The van der Waals surface area contributed by atoms with Crippen molar-refractivity contribution < 1.29 is 44.7 Å². The maximum atomic E-state index is 12.3. The molecule has 73 heavy (non-hydrogen) atoms. The molecule has 412 valence electrons. The highest BCUT2D eigenvalue weighted by molar-refractivity contribution is 5.72. The Kier molecular flexibility index (Phi) is 26.7. The van der Waals surface area contributed by atoms with E-state index in [0.29, 0.717) is 41.9 Å². The van der Waals surface area contributed by atoms with E-state index in [1.807, 2.05) is 59.7 Å². The van der Waals surface area contributed by atoms with E-state index in [2.05, 4.69) is 60.6 Å². The van der Waals surface area contributed by atoms with Crippen molar-refractivity contribution >= 4 is 17.9 Å². The number of hydrogen-bond donors (Lipinski definition) is 5. The van der Waals surface area contributed by atoms with Gasteiger partial charge in [0.15, 0.2) is 0 Å². The summed E-state index contributed by atoms with van der Waals surface area (Å²) in [5.74, 6) is -2.05. The van der Waals surface area contributed by atoms with Gasteiger partial charge in [0.2, 0.25) is 0 Å². The first-order valence-electron chi connectivity index (χ1n) is 28.0. The van der Waals surface area contributed by atoms with Gasteiger partial charge in [-0.15, -0.1) is 0 Å². The first-order chi connectivity index (χ1) is 33.9. The second-order valence-corrected chi connectivity index (χ2v) is 25.2. The molecule has 0 saturated heterocycles. The van der Waals surface area contributed by atoms with Crippen molar-refractivity contribution in [2.24, 2.45) is 5.92 Å². The number of carbonyl (C=O) groups is 3. The number of phenols is 3. The summed E-state index contributed by atoms with van der Waals surface area (Å²) < 4.78 is 5.51. The summed E-state index contributed by atoms with van der Waals surface area (Å²) in [5.41, 5.74) is 7.05. The van der Waals surface area contributed by atoms with Crippen LogP contribution in [0.25, 0.3) is 0 Å². The van der Waals surface area contributed by atoms with Gasteiger partial charge in [-0.25, -0.2) is 0 Å². The average Bonchev–Trinajstić information content (AvgIpc) is 3.27. The number of esters is 1. The number of hydrogen-bond acceptors (Lipinski definition) is 7. The number of carboxylic acids is 2. The lowest BCUT2D eigenvalue weighted by molar-refractivity contribution is -0.144. The predicted molar refractivity (Wildman–Crippen MR) is 302 cm³/mol. The quantitative estimate of drug-likeness (QED) is 0.0352. The SMILES string of the molecule is CCCCCCCCCCCCCCCCCCOC(=O)CCc1cc(C(C)(C)C)c(O)c(C(C)(C)C)c1.Cc1cc(CC(Cc2c(CCC(=O)O)cc(C(C)(C)C)c(O)c2C)C(=O)O)cc(C(C)(C)C)c1O. The first-order valence-corrected chi connectivity index (χ1v) is 28.0. The molecule has 1 atom stereocenters. The van der Waals surface area contributed by atoms with Crippen molar-refractivity contribution in [3.05, 3.63) is 86.0 Å². The number of unbranched alkanes of at least 4 members (excludes halogenated alkanes) is 15. The Balaban J connectivity index is 0.000000501. The van der Waals surface area contributed by atoms with Crippen LogP contribution < -0.4 is 0 Å². The zero-order valence-corrected chi connectivity index (χ0v) is 48.6. The molecule has 0 aliphatic heterocycles. The van der Waals surface area contributed by atoms with Gasteiger partial charge in [0.1, 0.15) is 17.2 Å². The topological polar surface area (TPSA) is 162 Å². The Hall–Kier alpha value is -4.53. The first kappa shape index (κ1) is 64.6. The minimum Gasteiger partial charge on any atom is -0.507 e. The van der Waals surface area contributed by atoms with Crippen molar-refractivity contribution in [1.82, 2.24) is 0 Å². The fourth-order valence-electron chi connectivity index (χ4n) is 9.69.